The maximum atomic E-state index is 14.4. The smallest absolute Gasteiger partial charge is 0.226 e. The summed E-state index contributed by atoms with van der Waals surface area (Å²) in [4.78, 5) is 69.8. The third kappa shape index (κ3) is 12.2. The van der Waals surface area contributed by atoms with E-state index in [-0.39, 0.29) is 65.3 Å². The number of unbranched alkanes of at least 4 members (excludes halogenated alkanes) is 5. The number of nitrogens with one attached hydrogen (secondary N) is 2. The number of amides is 2. The maximum Gasteiger partial charge on any atom is 0.226 e. The molecule has 55 heavy (non-hydrogen) atoms. The van der Waals surface area contributed by atoms with Gasteiger partial charge in [0.25, 0.3) is 0 Å². The number of aliphatic hydroxyl groups excluding tert-OH is 1. The van der Waals surface area contributed by atoms with Crippen molar-refractivity contribution in [1.82, 2.24) is 15.5 Å². The van der Waals surface area contributed by atoms with Gasteiger partial charge in [-0.1, -0.05) is 58.1 Å². The summed E-state index contributed by atoms with van der Waals surface area (Å²) >= 11 is 0. The van der Waals surface area contributed by atoms with E-state index in [9.17, 15) is 39.3 Å². The number of phenols is 2. The number of likely N-dealkylation sites (N-methyl/N-ethyl adjacent to an activating group) is 1. The van der Waals surface area contributed by atoms with Crippen molar-refractivity contribution in [2.24, 2.45) is 23.5 Å². The fourth-order valence-electron chi connectivity index (χ4n) is 7.56. The van der Waals surface area contributed by atoms with Crippen LogP contribution >= 0.6 is 0 Å². The van der Waals surface area contributed by atoms with Crippen LogP contribution in [0.1, 0.15) is 121 Å². The van der Waals surface area contributed by atoms with E-state index < -0.39 is 47.9 Å². The van der Waals surface area contributed by atoms with Crippen molar-refractivity contribution in [2.75, 3.05) is 13.6 Å². The van der Waals surface area contributed by atoms with Gasteiger partial charge in [-0.3, -0.25) is 29.3 Å². The Morgan fingerprint density at radius 2 is 1.62 bits per heavy atom. The Labute approximate surface area is 325 Å². The third-order valence-electron chi connectivity index (χ3n) is 11.1. The van der Waals surface area contributed by atoms with Gasteiger partial charge in [0, 0.05) is 55.2 Å². The third-order valence-corrected chi connectivity index (χ3v) is 11.1. The Morgan fingerprint density at radius 1 is 0.945 bits per heavy atom. The van der Waals surface area contributed by atoms with Gasteiger partial charge < -0.3 is 31.3 Å². The Kier molecular flexibility index (Phi) is 16.4. The minimum atomic E-state index is -1.34. The SMILES string of the molecule is CCCCCCCC(=O)C[C@@H](CCCCN)C(=O)N(C)[C@@H]1C(=O)C[C@@H](C)C(=O)N[C@H](C(O)N[C@@H](C)C(=O)C2CC2)Cc2ccc(O)c(c2)-c2cc1ccc2O. The first-order valence-electron chi connectivity index (χ1n) is 20.2. The predicted molar refractivity (Wildman–Crippen MR) is 211 cm³/mol. The zero-order valence-corrected chi connectivity index (χ0v) is 33.0. The molecule has 1 aliphatic heterocycles. The van der Waals surface area contributed by atoms with E-state index in [0.717, 1.165) is 44.9 Å². The molecule has 1 aliphatic carbocycles. The van der Waals surface area contributed by atoms with Crippen LogP contribution in [0, 0.1) is 17.8 Å². The predicted octanol–water partition coefficient (Wildman–Crippen LogP) is 5.24. The topological polar surface area (TPSA) is 199 Å². The minimum Gasteiger partial charge on any atom is -0.507 e. The van der Waals surface area contributed by atoms with Crippen molar-refractivity contribution in [3.05, 3.63) is 47.5 Å². The van der Waals surface area contributed by atoms with Crippen LogP contribution in [0.15, 0.2) is 36.4 Å². The van der Waals surface area contributed by atoms with Crippen molar-refractivity contribution in [1.29, 1.82) is 0 Å². The van der Waals surface area contributed by atoms with Crippen LogP contribution in [0.3, 0.4) is 0 Å². The van der Waals surface area contributed by atoms with E-state index in [1.54, 1.807) is 38.1 Å². The van der Waals surface area contributed by atoms with E-state index in [1.807, 2.05) is 0 Å². The molecule has 2 aromatic rings. The number of carbonyl (C=O) groups is 5. The van der Waals surface area contributed by atoms with Gasteiger partial charge in [-0.05, 0) is 87.4 Å². The van der Waals surface area contributed by atoms with Gasteiger partial charge in [0.15, 0.2) is 11.6 Å². The molecule has 12 nitrogen and oxygen atoms in total. The molecule has 1 fully saturated rings. The highest BCUT2D eigenvalue weighted by Crippen LogP contribution is 2.40. The van der Waals surface area contributed by atoms with Gasteiger partial charge in [0.1, 0.15) is 29.6 Å². The van der Waals surface area contributed by atoms with Crippen LogP contribution in [0.2, 0.25) is 0 Å². The monoisotopic (exact) mass is 762 g/mol. The largest absolute Gasteiger partial charge is 0.507 e. The molecule has 6 atom stereocenters. The molecule has 1 heterocycles. The van der Waals surface area contributed by atoms with Crippen LogP contribution in [0.4, 0.5) is 0 Å². The average Bonchev–Trinajstić information content (AvgIpc) is 4.00. The van der Waals surface area contributed by atoms with Gasteiger partial charge in [-0.2, -0.15) is 0 Å². The highest BCUT2D eigenvalue weighted by Gasteiger charge is 2.37. The Hall–Kier alpha value is -4.13. The minimum absolute atomic E-state index is 0.00145. The molecule has 12 heteroatoms. The molecule has 0 aromatic heterocycles. The number of benzene rings is 2. The second kappa shape index (κ2) is 20.7. The first kappa shape index (κ1) is 43.6. The zero-order chi connectivity index (χ0) is 40.2. The number of ketones is 3. The molecular formula is C43H62N4O8. The number of nitrogens with two attached hydrogens (primary N) is 1. The van der Waals surface area contributed by atoms with Crippen LogP contribution in [0.5, 0.6) is 11.5 Å². The molecule has 0 spiro atoms. The lowest BCUT2D eigenvalue weighted by Gasteiger charge is -2.32. The molecule has 0 saturated heterocycles. The molecule has 0 radical (unpaired) electrons. The van der Waals surface area contributed by atoms with Crippen molar-refractivity contribution in [3.8, 4) is 22.6 Å². The number of hydrogen-bond donors (Lipinski definition) is 6. The lowest BCUT2D eigenvalue weighted by atomic mass is 9.88. The van der Waals surface area contributed by atoms with Gasteiger partial charge in [-0.25, -0.2) is 0 Å². The van der Waals surface area contributed by atoms with Crippen molar-refractivity contribution < 1.29 is 39.3 Å². The van der Waals surface area contributed by atoms with E-state index in [0.29, 0.717) is 43.4 Å². The summed E-state index contributed by atoms with van der Waals surface area (Å²) in [6.45, 7) is 5.85. The van der Waals surface area contributed by atoms with Gasteiger partial charge >= 0.3 is 0 Å². The van der Waals surface area contributed by atoms with Crippen molar-refractivity contribution in [2.45, 2.75) is 135 Å². The van der Waals surface area contributed by atoms with Gasteiger partial charge in [0.05, 0.1) is 12.1 Å². The fraction of sp³-hybridized carbons (Fsp3) is 0.605. The summed E-state index contributed by atoms with van der Waals surface area (Å²) in [6.07, 6.45) is 7.26. The summed E-state index contributed by atoms with van der Waals surface area (Å²) in [5.74, 6) is -3.24. The molecule has 2 aromatic carbocycles. The van der Waals surface area contributed by atoms with E-state index >= 15 is 0 Å². The standard InChI is InChI=1S/C43H62N4O8/c1-5-6-7-8-9-13-32(48)24-31(12-10-11-20-44)43(55)47(4)39-30-17-19-37(50)34(25-30)33-22-28(14-18-36(33)49)23-35(46-41(53)26(2)21-38(39)51)42(54)45-27(3)40(52)29-15-16-29/h14,17-19,22,25-27,29,31,35,39,42,45,49-50,54H,5-13,15-16,20-21,23-24,44H2,1-4H3,(H,46,53)/t26-,27+,31-,35+,39+,42?/m1/s1. The van der Waals surface area contributed by atoms with Crippen LogP contribution in [0.25, 0.3) is 11.1 Å². The number of rotatable bonds is 19. The highest BCUT2D eigenvalue weighted by atomic mass is 16.3. The van der Waals surface area contributed by atoms with Crippen molar-refractivity contribution in [3.63, 3.8) is 0 Å². The average molecular weight is 763 g/mol. The summed E-state index contributed by atoms with van der Waals surface area (Å²) in [6, 6.07) is 6.50. The molecule has 2 amide bonds. The summed E-state index contributed by atoms with van der Waals surface area (Å²) < 4.78 is 0. The maximum absolute atomic E-state index is 14.4. The van der Waals surface area contributed by atoms with Crippen LogP contribution in [-0.4, -0.2) is 81.3 Å². The number of carbonyl (C=O) groups excluding carboxylic acids is 5. The quantitative estimate of drug-likeness (QED) is 0.0813. The number of hydrogen-bond acceptors (Lipinski definition) is 10. The Bertz CT molecular complexity index is 1660. The Balaban J connectivity index is 1.69. The number of Topliss-reactive ketones (excluding diaryl/α,β-unsaturated/α-hetero) is 3. The molecule has 2 aliphatic rings. The number of fused-ring (bicyclic) bond motifs is 5. The van der Waals surface area contributed by atoms with Gasteiger partial charge in [0.2, 0.25) is 11.8 Å². The molecule has 7 N–H and O–H groups in total. The van der Waals surface area contributed by atoms with E-state index in [4.69, 9.17) is 5.73 Å². The normalized spacial score (nSPS) is 20.5. The number of aliphatic hydroxyl groups is 1. The number of nitrogens with zero attached hydrogens (tertiary/aromatic N) is 1. The van der Waals surface area contributed by atoms with E-state index in [2.05, 4.69) is 17.6 Å². The summed E-state index contributed by atoms with van der Waals surface area (Å²) in [5, 5.41) is 39.3. The summed E-state index contributed by atoms with van der Waals surface area (Å²) in [5.41, 5.74) is 7.22. The van der Waals surface area contributed by atoms with Crippen LogP contribution in [-0.2, 0) is 30.4 Å². The Morgan fingerprint density at radius 3 is 2.29 bits per heavy atom. The fourth-order valence-corrected chi connectivity index (χ4v) is 7.56. The first-order chi connectivity index (χ1) is 26.2. The second-order valence-corrected chi connectivity index (χ2v) is 15.8. The van der Waals surface area contributed by atoms with E-state index in [1.165, 1.54) is 24.1 Å². The summed E-state index contributed by atoms with van der Waals surface area (Å²) in [7, 11) is 1.52. The first-order valence-corrected chi connectivity index (χ1v) is 20.2. The molecular weight excluding hydrogens is 700 g/mol. The number of aromatic hydroxyl groups is 2. The highest BCUT2D eigenvalue weighted by molar-refractivity contribution is 5.95. The molecule has 4 rings (SSSR count). The van der Waals surface area contributed by atoms with Crippen molar-refractivity contribution >= 4 is 29.2 Å². The van der Waals surface area contributed by atoms with Crippen LogP contribution < -0.4 is 16.4 Å². The lowest BCUT2D eigenvalue weighted by Crippen LogP contribution is -2.55. The molecule has 1 unspecified atom stereocenters. The lowest BCUT2D eigenvalue weighted by molar-refractivity contribution is -0.144. The number of phenolic OH excluding ortho intramolecular Hbond substituents is 2. The zero-order valence-electron chi connectivity index (χ0n) is 33.0. The molecule has 302 valence electrons. The van der Waals surface area contributed by atoms with Gasteiger partial charge in [-0.15, -0.1) is 0 Å². The second-order valence-electron chi connectivity index (χ2n) is 15.8. The molecule has 1 saturated carbocycles. The molecule has 4 bridgehead atoms.